The lowest BCUT2D eigenvalue weighted by atomic mass is 9.88. The minimum absolute atomic E-state index is 0.178. The molecule has 0 aliphatic carbocycles. The van der Waals surface area contributed by atoms with Gasteiger partial charge in [-0.25, -0.2) is 4.98 Å². The van der Waals surface area contributed by atoms with Crippen molar-refractivity contribution in [2.45, 2.75) is 47.1 Å². The number of imidazole rings is 1. The highest BCUT2D eigenvalue weighted by Crippen LogP contribution is 2.37. The van der Waals surface area contributed by atoms with Crippen molar-refractivity contribution in [3.63, 3.8) is 0 Å². The Morgan fingerprint density at radius 1 is 1.03 bits per heavy atom. The van der Waals surface area contributed by atoms with Crippen molar-refractivity contribution in [3.05, 3.63) is 83.6 Å². The third-order valence-corrected chi connectivity index (χ3v) is 6.97. The average molecular weight is 496 g/mol. The molecule has 192 valence electrons. The van der Waals surface area contributed by atoms with Gasteiger partial charge in [0.05, 0.1) is 24.2 Å². The minimum Gasteiger partial charge on any atom is -0.492 e. The van der Waals surface area contributed by atoms with Crippen LogP contribution in [0.1, 0.15) is 43.4 Å². The molecule has 3 aromatic heterocycles. The molecule has 0 saturated heterocycles. The van der Waals surface area contributed by atoms with Crippen molar-refractivity contribution < 1.29 is 4.74 Å². The van der Waals surface area contributed by atoms with Crippen molar-refractivity contribution in [1.82, 2.24) is 24.5 Å². The summed E-state index contributed by atoms with van der Waals surface area (Å²) >= 11 is 0. The summed E-state index contributed by atoms with van der Waals surface area (Å²) in [4.78, 5) is 4.56. The van der Waals surface area contributed by atoms with Gasteiger partial charge in [0.2, 0.25) is 0 Å². The molecule has 5 rings (SSSR count). The number of aromatic nitrogens is 4. The summed E-state index contributed by atoms with van der Waals surface area (Å²) in [7, 11) is 3.98. The van der Waals surface area contributed by atoms with E-state index in [4.69, 9.17) is 9.84 Å². The topological polar surface area (TPSA) is 56.4 Å². The number of aryl methyl sites for hydroxylation is 1. The summed E-state index contributed by atoms with van der Waals surface area (Å²) in [5.74, 6) is 0.923. The van der Waals surface area contributed by atoms with E-state index < -0.39 is 0 Å². The van der Waals surface area contributed by atoms with Crippen molar-refractivity contribution in [1.29, 1.82) is 0 Å². The molecule has 0 saturated carbocycles. The molecular formula is C31H37N5O. The first kappa shape index (κ1) is 25.0. The number of nitrogens with one attached hydrogen (secondary N) is 1. The maximum Gasteiger partial charge on any atom is 0.136 e. The molecule has 0 radical (unpaired) electrons. The lowest BCUT2D eigenvalue weighted by molar-refractivity contribution is 0.325. The number of fused-ring (bicyclic) bond motifs is 2. The quantitative estimate of drug-likeness (QED) is 0.282. The van der Waals surface area contributed by atoms with E-state index in [1.54, 1.807) is 0 Å². The zero-order valence-corrected chi connectivity index (χ0v) is 22.8. The average Bonchev–Trinajstić information content (AvgIpc) is 3.38. The monoisotopic (exact) mass is 495 g/mol. The fraction of sp³-hybridized carbons (Fsp3) is 0.355. The Balaban J connectivity index is 1.50. The van der Waals surface area contributed by atoms with Crippen LogP contribution in [0.15, 0.2) is 60.9 Å². The number of benzene rings is 2. The van der Waals surface area contributed by atoms with Gasteiger partial charge in [0.25, 0.3) is 0 Å². The van der Waals surface area contributed by atoms with Gasteiger partial charge in [-0.05, 0) is 55.0 Å². The molecule has 0 aliphatic heterocycles. The highest BCUT2D eigenvalue weighted by molar-refractivity contribution is 5.95. The lowest BCUT2D eigenvalue weighted by Gasteiger charge is -2.18. The third-order valence-electron chi connectivity index (χ3n) is 6.97. The smallest absolute Gasteiger partial charge is 0.136 e. The van der Waals surface area contributed by atoms with E-state index in [1.165, 1.54) is 22.3 Å². The van der Waals surface area contributed by atoms with E-state index in [-0.39, 0.29) is 5.41 Å². The van der Waals surface area contributed by atoms with Gasteiger partial charge >= 0.3 is 0 Å². The first-order valence-corrected chi connectivity index (χ1v) is 13.0. The fourth-order valence-corrected chi connectivity index (χ4v) is 5.07. The summed E-state index contributed by atoms with van der Waals surface area (Å²) in [6, 6.07) is 17.0. The number of rotatable bonds is 8. The van der Waals surface area contributed by atoms with Gasteiger partial charge in [0.15, 0.2) is 0 Å². The Labute approximate surface area is 219 Å². The van der Waals surface area contributed by atoms with Gasteiger partial charge in [0, 0.05) is 48.4 Å². The molecule has 0 amide bonds. The number of nitrogens with zero attached hydrogens (tertiary/aromatic N) is 4. The Hall–Kier alpha value is -3.64. The number of hydrogen-bond donors (Lipinski definition) is 1. The molecular weight excluding hydrogens is 458 g/mol. The second-order valence-electron chi connectivity index (χ2n) is 11.1. The molecule has 0 atom stereocenters. The zero-order chi connectivity index (χ0) is 26.2. The van der Waals surface area contributed by atoms with Crippen LogP contribution in [-0.2, 0) is 26.4 Å². The summed E-state index contributed by atoms with van der Waals surface area (Å²) in [6.45, 7) is 10.3. The van der Waals surface area contributed by atoms with Crippen LogP contribution >= 0.6 is 0 Å². The van der Waals surface area contributed by atoms with Crippen molar-refractivity contribution in [2.24, 2.45) is 12.5 Å². The van der Waals surface area contributed by atoms with Crippen LogP contribution in [0.4, 0.5) is 0 Å². The lowest BCUT2D eigenvalue weighted by Crippen LogP contribution is -2.12. The van der Waals surface area contributed by atoms with Gasteiger partial charge in [-0.2, -0.15) is 5.10 Å². The van der Waals surface area contributed by atoms with Crippen LogP contribution in [-0.4, -0.2) is 32.8 Å². The molecule has 3 heterocycles. The molecule has 0 fully saturated rings. The molecule has 0 bridgehead atoms. The predicted molar refractivity (Wildman–Crippen MR) is 151 cm³/mol. The molecule has 6 heteroatoms. The molecule has 0 spiro atoms. The Morgan fingerprint density at radius 3 is 2.62 bits per heavy atom. The van der Waals surface area contributed by atoms with Crippen LogP contribution < -0.4 is 10.1 Å². The Kier molecular flexibility index (Phi) is 6.78. The van der Waals surface area contributed by atoms with Crippen LogP contribution in [0.25, 0.3) is 27.5 Å². The maximum atomic E-state index is 6.66. The minimum atomic E-state index is 0.178. The highest BCUT2D eigenvalue weighted by atomic mass is 16.5. The molecule has 1 N–H and O–H groups in total. The van der Waals surface area contributed by atoms with Crippen LogP contribution in [0.2, 0.25) is 0 Å². The van der Waals surface area contributed by atoms with Crippen LogP contribution in [0.5, 0.6) is 5.75 Å². The molecule has 2 aromatic carbocycles. The summed E-state index contributed by atoms with van der Waals surface area (Å²) in [5.41, 5.74) is 8.13. The van der Waals surface area contributed by atoms with Gasteiger partial charge in [0.1, 0.15) is 11.4 Å². The van der Waals surface area contributed by atoms with E-state index >= 15 is 0 Å². The van der Waals surface area contributed by atoms with Crippen LogP contribution in [0.3, 0.4) is 0 Å². The molecule has 5 aromatic rings. The van der Waals surface area contributed by atoms with Crippen molar-refractivity contribution in [2.75, 3.05) is 13.7 Å². The van der Waals surface area contributed by atoms with E-state index in [0.29, 0.717) is 6.61 Å². The summed E-state index contributed by atoms with van der Waals surface area (Å²) in [6.07, 6.45) is 5.86. The highest BCUT2D eigenvalue weighted by Gasteiger charge is 2.20. The van der Waals surface area contributed by atoms with Crippen molar-refractivity contribution >= 4 is 16.4 Å². The molecule has 0 aliphatic rings. The summed E-state index contributed by atoms with van der Waals surface area (Å²) < 4.78 is 10.8. The van der Waals surface area contributed by atoms with E-state index in [1.807, 2.05) is 25.0 Å². The van der Waals surface area contributed by atoms with E-state index in [0.717, 1.165) is 53.0 Å². The largest absolute Gasteiger partial charge is 0.492 e. The van der Waals surface area contributed by atoms with Gasteiger partial charge < -0.3 is 14.5 Å². The van der Waals surface area contributed by atoms with E-state index in [2.05, 4.69) is 97.1 Å². The van der Waals surface area contributed by atoms with Gasteiger partial charge in [-0.1, -0.05) is 51.1 Å². The van der Waals surface area contributed by atoms with Crippen LogP contribution in [0, 0.1) is 12.3 Å². The fourth-order valence-electron chi connectivity index (χ4n) is 5.07. The first-order valence-electron chi connectivity index (χ1n) is 13.0. The molecule has 37 heavy (non-hydrogen) atoms. The predicted octanol–water partition coefficient (Wildman–Crippen LogP) is 6.13. The number of pyridine rings is 1. The second kappa shape index (κ2) is 10.0. The zero-order valence-electron chi connectivity index (χ0n) is 22.8. The summed E-state index contributed by atoms with van der Waals surface area (Å²) in [5, 5.41) is 10.4. The standard InChI is InChI=1S/C31H37N5O/c1-21-25(28(34-35(21)6)17-31(2,3)4)15-16-37-30-26-10-8-7-9-22(26)11-13-27(30)23-12-14-29-33-19-24(18-32-5)36(29)20-23/h7-14,19-20,32H,15-18H2,1-6H3. The number of ether oxygens (including phenoxy) is 1. The van der Waals surface area contributed by atoms with Gasteiger partial charge in [-0.15, -0.1) is 0 Å². The SMILES string of the molecule is CNCc1cnc2ccc(-c3ccc4ccccc4c3OCCc3c(CC(C)(C)C)nn(C)c3C)cn12. The first-order chi connectivity index (χ1) is 17.7. The Morgan fingerprint density at radius 2 is 1.84 bits per heavy atom. The van der Waals surface area contributed by atoms with E-state index in [9.17, 15) is 0 Å². The normalized spacial score (nSPS) is 12.1. The van der Waals surface area contributed by atoms with Crippen molar-refractivity contribution in [3.8, 4) is 16.9 Å². The third kappa shape index (κ3) is 5.12. The molecule has 6 nitrogen and oxygen atoms in total. The van der Waals surface area contributed by atoms with Gasteiger partial charge in [-0.3, -0.25) is 4.68 Å². The number of hydrogen-bond acceptors (Lipinski definition) is 4. The second-order valence-corrected chi connectivity index (χ2v) is 11.1. The molecule has 0 unspecified atom stereocenters. The Bertz CT molecular complexity index is 1550. The maximum absolute atomic E-state index is 6.66.